The molecule has 116 valence electrons. The zero-order chi connectivity index (χ0) is 15.8. The molecule has 1 aliphatic heterocycles. The van der Waals surface area contributed by atoms with E-state index < -0.39 is 0 Å². The van der Waals surface area contributed by atoms with E-state index in [1.165, 1.54) is 12.3 Å². The maximum absolute atomic E-state index is 12.5. The summed E-state index contributed by atoms with van der Waals surface area (Å²) in [7, 11) is 0. The maximum atomic E-state index is 12.5. The van der Waals surface area contributed by atoms with Gasteiger partial charge in [-0.05, 0) is 25.0 Å². The molecule has 0 bridgehead atoms. The Hall–Kier alpha value is -2.96. The number of rotatable bonds is 2. The summed E-state index contributed by atoms with van der Waals surface area (Å²) in [6, 6.07) is 8.44. The van der Waals surface area contributed by atoms with Gasteiger partial charge in [0.1, 0.15) is 5.82 Å². The third kappa shape index (κ3) is 2.30. The third-order valence-corrected chi connectivity index (χ3v) is 4.11. The monoisotopic (exact) mass is 310 g/mol. The van der Waals surface area contributed by atoms with Gasteiger partial charge in [0.2, 0.25) is 5.76 Å². The Morgan fingerprint density at radius 2 is 2.17 bits per heavy atom. The van der Waals surface area contributed by atoms with Crippen LogP contribution in [0.5, 0.6) is 0 Å². The first kappa shape index (κ1) is 13.7. The van der Waals surface area contributed by atoms with Gasteiger partial charge < -0.3 is 14.4 Å². The van der Waals surface area contributed by atoms with Crippen molar-refractivity contribution in [2.45, 2.75) is 18.9 Å². The van der Waals surface area contributed by atoms with Crippen LogP contribution in [0.25, 0.3) is 10.9 Å². The lowest BCUT2D eigenvalue weighted by Gasteiger charge is -2.22. The quantitative estimate of drug-likeness (QED) is 0.780. The van der Waals surface area contributed by atoms with Gasteiger partial charge in [-0.1, -0.05) is 17.3 Å². The molecule has 7 nitrogen and oxygen atoms in total. The number of carbonyl (C=O) groups is 1. The van der Waals surface area contributed by atoms with Crippen LogP contribution in [-0.2, 0) is 0 Å². The highest BCUT2D eigenvalue weighted by Crippen LogP contribution is 2.31. The molecule has 1 aliphatic rings. The van der Waals surface area contributed by atoms with Crippen LogP contribution in [0, 0.1) is 0 Å². The number of H-pyrrole nitrogens is 1. The Bertz CT molecular complexity index is 916. The van der Waals surface area contributed by atoms with E-state index in [-0.39, 0.29) is 23.3 Å². The number of fused-ring (bicyclic) bond motifs is 1. The molecule has 1 atom stereocenters. The van der Waals surface area contributed by atoms with Crippen molar-refractivity contribution >= 4 is 16.8 Å². The molecule has 1 aromatic carbocycles. The molecule has 0 aliphatic carbocycles. The average Bonchev–Trinajstić information content (AvgIpc) is 3.26. The van der Waals surface area contributed by atoms with Crippen molar-refractivity contribution in [3.8, 4) is 0 Å². The Labute approximate surface area is 130 Å². The number of nitrogens with zero attached hydrogens (tertiary/aromatic N) is 3. The molecule has 2 aromatic heterocycles. The zero-order valence-corrected chi connectivity index (χ0v) is 12.2. The summed E-state index contributed by atoms with van der Waals surface area (Å²) in [6.07, 6.45) is 3.04. The summed E-state index contributed by atoms with van der Waals surface area (Å²) in [6.45, 7) is 0.598. The van der Waals surface area contributed by atoms with Crippen molar-refractivity contribution in [1.29, 1.82) is 0 Å². The largest absolute Gasteiger partial charge is 0.351 e. The van der Waals surface area contributed by atoms with Crippen molar-refractivity contribution in [2.24, 2.45) is 0 Å². The molecule has 1 fully saturated rings. The van der Waals surface area contributed by atoms with Gasteiger partial charge in [-0.3, -0.25) is 9.59 Å². The fourth-order valence-corrected chi connectivity index (χ4v) is 3.02. The summed E-state index contributed by atoms with van der Waals surface area (Å²) in [5, 5.41) is 4.12. The minimum atomic E-state index is -0.259. The molecule has 7 heteroatoms. The number of carbonyl (C=O) groups excluding carboxylic acids is 1. The van der Waals surface area contributed by atoms with E-state index in [2.05, 4.69) is 15.1 Å². The van der Waals surface area contributed by atoms with E-state index in [9.17, 15) is 9.59 Å². The molecule has 0 saturated carbocycles. The Morgan fingerprint density at radius 1 is 1.30 bits per heavy atom. The van der Waals surface area contributed by atoms with Crippen LogP contribution in [0.2, 0.25) is 0 Å². The summed E-state index contributed by atoms with van der Waals surface area (Å²) < 4.78 is 4.95. The number of para-hydroxylation sites is 1. The molecular weight excluding hydrogens is 296 g/mol. The number of likely N-dealkylation sites (tertiary alicyclic amines) is 1. The summed E-state index contributed by atoms with van der Waals surface area (Å²) >= 11 is 0. The number of aromatic amines is 1. The lowest BCUT2D eigenvalue weighted by atomic mass is 10.2. The molecule has 4 rings (SSSR count). The number of amides is 1. The highest BCUT2D eigenvalue weighted by Gasteiger charge is 2.33. The first-order valence-corrected chi connectivity index (χ1v) is 7.44. The van der Waals surface area contributed by atoms with Crippen LogP contribution in [0.3, 0.4) is 0 Å². The molecule has 3 aromatic rings. The summed E-state index contributed by atoms with van der Waals surface area (Å²) in [4.78, 5) is 33.8. The predicted molar refractivity (Wildman–Crippen MR) is 81.9 cm³/mol. The standard InChI is InChI=1S/C16H14N4O3/c21-15-10-4-1-2-5-11(10)18-14(19-15)12-6-3-9-20(12)16(22)13-7-8-17-23-13/h1-2,4-5,7-8,12H,3,6,9H2,(H,18,19,21). The van der Waals surface area contributed by atoms with Crippen LogP contribution in [0.4, 0.5) is 0 Å². The van der Waals surface area contributed by atoms with Gasteiger partial charge in [0.25, 0.3) is 11.5 Å². The van der Waals surface area contributed by atoms with Crippen molar-refractivity contribution in [1.82, 2.24) is 20.0 Å². The predicted octanol–water partition coefficient (Wildman–Crippen LogP) is 1.89. The molecule has 1 amide bonds. The zero-order valence-electron chi connectivity index (χ0n) is 12.2. The number of aromatic nitrogens is 3. The van der Waals surface area contributed by atoms with Gasteiger partial charge >= 0.3 is 0 Å². The first-order chi connectivity index (χ1) is 11.2. The molecule has 23 heavy (non-hydrogen) atoms. The number of hydrogen-bond acceptors (Lipinski definition) is 5. The summed E-state index contributed by atoms with van der Waals surface area (Å²) in [5.41, 5.74) is 0.440. The van der Waals surface area contributed by atoms with Gasteiger partial charge in [0.15, 0.2) is 0 Å². The lowest BCUT2D eigenvalue weighted by molar-refractivity contribution is 0.0687. The minimum Gasteiger partial charge on any atom is -0.351 e. The van der Waals surface area contributed by atoms with E-state index in [4.69, 9.17) is 4.52 Å². The molecule has 0 radical (unpaired) electrons. The Morgan fingerprint density at radius 3 is 3.00 bits per heavy atom. The highest BCUT2D eigenvalue weighted by atomic mass is 16.5. The fourth-order valence-electron chi connectivity index (χ4n) is 3.02. The second-order valence-corrected chi connectivity index (χ2v) is 5.50. The first-order valence-electron chi connectivity index (χ1n) is 7.44. The van der Waals surface area contributed by atoms with Gasteiger partial charge in [0, 0.05) is 12.6 Å². The molecular formula is C16H14N4O3. The van der Waals surface area contributed by atoms with Gasteiger partial charge in [-0.25, -0.2) is 4.98 Å². The van der Waals surface area contributed by atoms with Crippen LogP contribution in [-0.4, -0.2) is 32.5 Å². The number of benzene rings is 1. The van der Waals surface area contributed by atoms with E-state index in [0.717, 1.165) is 12.8 Å². The lowest BCUT2D eigenvalue weighted by Crippen LogP contribution is -2.32. The van der Waals surface area contributed by atoms with Crippen molar-refractivity contribution < 1.29 is 9.32 Å². The van der Waals surface area contributed by atoms with E-state index in [1.807, 2.05) is 6.07 Å². The SMILES string of the molecule is O=C(c1ccno1)N1CCCC1c1nc2ccccc2c(=O)[nH]1. The normalized spacial score (nSPS) is 17.7. The third-order valence-electron chi connectivity index (χ3n) is 4.11. The second-order valence-electron chi connectivity index (χ2n) is 5.50. The highest BCUT2D eigenvalue weighted by molar-refractivity contribution is 5.91. The molecule has 1 saturated heterocycles. The smallest absolute Gasteiger partial charge is 0.293 e. The van der Waals surface area contributed by atoms with E-state index in [1.54, 1.807) is 23.1 Å². The van der Waals surface area contributed by atoms with Crippen LogP contribution >= 0.6 is 0 Å². The van der Waals surface area contributed by atoms with Crippen molar-refractivity contribution in [3.05, 3.63) is 58.5 Å². The Kier molecular flexibility index (Phi) is 3.18. The van der Waals surface area contributed by atoms with Crippen molar-refractivity contribution in [2.75, 3.05) is 6.54 Å². The van der Waals surface area contributed by atoms with Gasteiger partial charge in [-0.2, -0.15) is 0 Å². The fraction of sp³-hybridized carbons (Fsp3) is 0.250. The minimum absolute atomic E-state index is 0.190. The molecule has 0 spiro atoms. The van der Waals surface area contributed by atoms with Crippen LogP contribution in [0.1, 0.15) is 35.3 Å². The molecule has 1 N–H and O–H groups in total. The van der Waals surface area contributed by atoms with E-state index >= 15 is 0 Å². The topological polar surface area (TPSA) is 92.1 Å². The second kappa shape index (κ2) is 5.35. The molecule has 3 heterocycles. The Balaban J connectivity index is 1.74. The van der Waals surface area contributed by atoms with E-state index in [0.29, 0.717) is 23.3 Å². The molecule has 1 unspecified atom stereocenters. The number of hydrogen-bond donors (Lipinski definition) is 1. The summed E-state index contributed by atoms with van der Waals surface area (Å²) in [5.74, 6) is 0.472. The maximum Gasteiger partial charge on any atom is 0.293 e. The van der Waals surface area contributed by atoms with Gasteiger partial charge in [-0.15, -0.1) is 0 Å². The van der Waals surface area contributed by atoms with Gasteiger partial charge in [0.05, 0.1) is 23.1 Å². The van der Waals surface area contributed by atoms with Crippen LogP contribution < -0.4 is 5.56 Å². The number of nitrogens with one attached hydrogen (secondary N) is 1. The average molecular weight is 310 g/mol. The van der Waals surface area contributed by atoms with Crippen LogP contribution in [0.15, 0.2) is 45.8 Å². The van der Waals surface area contributed by atoms with Crippen molar-refractivity contribution in [3.63, 3.8) is 0 Å².